The number of carbonyl (C=O) groups is 2. The second kappa shape index (κ2) is 8.79. The van der Waals surface area contributed by atoms with Crippen molar-refractivity contribution in [2.45, 2.75) is 12.2 Å². The molecule has 0 radical (unpaired) electrons. The Kier molecular flexibility index (Phi) is 5.64. The third kappa shape index (κ3) is 4.54. The van der Waals surface area contributed by atoms with Gasteiger partial charge in [0.25, 0.3) is 5.91 Å². The number of carbonyl (C=O) groups excluding carboxylic acids is 2. The summed E-state index contributed by atoms with van der Waals surface area (Å²) in [4.78, 5) is 32.8. The molecule has 1 atom stereocenters. The summed E-state index contributed by atoms with van der Waals surface area (Å²) in [5.41, 5.74) is 2.14. The van der Waals surface area contributed by atoms with Crippen LogP contribution in [0.3, 0.4) is 0 Å². The van der Waals surface area contributed by atoms with E-state index < -0.39 is 23.9 Å². The van der Waals surface area contributed by atoms with Gasteiger partial charge in [0.15, 0.2) is 6.61 Å². The van der Waals surface area contributed by atoms with Gasteiger partial charge in [-0.1, -0.05) is 48.5 Å². The standard InChI is InChI=1S/C25H19F3N4O3/c26-25(27,28)24-29-17-11-10-16(12-18(17)30-24)23(15-6-2-1-3-7-15)31-21(33)13-32-19-8-4-5-9-20(19)35-14-22(32)34/h1-12,23H,13-14H2,(H,29,30)(H,31,33)/t23-/m0/s1. The van der Waals surface area contributed by atoms with Gasteiger partial charge in [-0.05, 0) is 35.4 Å². The van der Waals surface area contributed by atoms with Crippen LogP contribution >= 0.6 is 0 Å². The number of hydrogen-bond donors (Lipinski definition) is 2. The molecular weight excluding hydrogens is 461 g/mol. The van der Waals surface area contributed by atoms with Crippen molar-refractivity contribution in [1.29, 1.82) is 0 Å². The van der Waals surface area contributed by atoms with Crippen LogP contribution in [0.25, 0.3) is 11.0 Å². The molecule has 2 amide bonds. The van der Waals surface area contributed by atoms with Crippen LogP contribution in [0.5, 0.6) is 5.75 Å². The Morgan fingerprint density at radius 3 is 2.57 bits per heavy atom. The van der Waals surface area contributed by atoms with Crippen LogP contribution < -0.4 is 15.0 Å². The van der Waals surface area contributed by atoms with E-state index in [4.69, 9.17) is 4.74 Å². The molecule has 0 unspecified atom stereocenters. The SMILES string of the molecule is O=C(CN1C(=O)COc2ccccc21)N[C@@H](c1ccccc1)c1ccc2nc(C(F)(F)F)[nH]c2c1. The number of anilines is 1. The van der Waals surface area contributed by atoms with E-state index in [1.54, 1.807) is 54.6 Å². The van der Waals surface area contributed by atoms with Crippen LogP contribution in [0, 0.1) is 0 Å². The summed E-state index contributed by atoms with van der Waals surface area (Å²) in [6, 6.07) is 19.9. The van der Waals surface area contributed by atoms with Crippen LogP contribution in [0.2, 0.25) is 0 Å². The van der Waals surface area contributed by atoms with Crippen LogP contribution in [0.15, 0.2) is 72.8 Å². The first-order valence-corrected chi connectivity index (χ1v) is 10.7. The molecule has 178 valence electrons. The zero-order valence-corrected chi connectivity index (χ0v) is 18.2. The molecule has 2 heterocycles. The van der Waals surface area contributed by atoms with Crippen molar-refractivity contribution < 1.29 is 27.5 Å². The topological polar surface area (TPSA) is 87.3 Å². The summed E-state index contributed by atoms with van der Waals surface area (Å²) in [6.07, 6.45) is -4.60. The molecular formula is C25H19F3N4O3. The highest BCUT2D eigenvalue weighted by Gasteiger charge is 2.35. The Hall–Kier alpha value is -4.34. The van der Waals surface area contributed by atoms with Crippen molar-refractivity contribution in [1.82, 2.24) is 15.3 Å². The maximum atomic E-state index is 13.1. The third-order valence-corrected chi connectivity index (χ3v) is 5.66. The number of aromatic amines is 1. The van der Waals surface area contributed by atoms with Gasteiger partial charge in [-0.15, -0.1) is 0 Å². The van der Waals surface area contributed by atoms with Crippen LogP contribution in [0.4, 0.5) is 18.9 Å². The van der Waals surface area contributed by atoms with Crippen molar-refractivity contribution in [3.63, 3.8) is 0 Å². The second-order valence-corrected chi connectivity index (χ2v) is 8.01. The van der Waals surface area contributed by atoms with Crippen molar-refractivity contribution in [3.05, 3.63) is 89.7 Å². The van der Waals surface area contributed by atoms with Gasteiger partial charge in [-0.2, -0.15) is 13.2 Å². The van der Waals surface area contributed by atoms with E-state index in [0.29, 0.717) is 17.0 Å². The first-order chi connectivity index (χ1) is 16.8. The number of aromatic nitrogens is 2. The smallest absolute Gasteiger partial charge is 0.449 e. The van der Waals surface area contributed by atoms with Crippen molar-refractivity contribution in [2.24, 2.45) is 0 Å². The number of halogens is 3. The number of alkyl halides is 3. The molecule has 3 aromatic carbocycles. The van der Waals surface area contributed by atoms with Gasteiger partial charge >= 0.3 is 6.18 Å². The highest BCUT2D eigenvalue weighted by molar-refractivity contribution is 6.02. The van der Waals surface area contributed by atoms with Gasteiger partial charge in [0.1, 0.15) is 12.3 Å². The Balaban J connectivity index is 1.45. The van der Waals surface area contributed by atoms with Gasteiger partial charge in [0.2, 0.25) is 11.7 Å². The number of fused-ring (bicyclic) bond motifs is 2. The molecule has 0 aliphatic carbocycles. The molecule has 35 heavy (non-hydrogen) atoms. The predicted molar refractivity (Wildman–Crippen MR) is 122 cm³/mol. The maximum Gasteiger partial charge on any atom is 0.449 e. The highest BCUT2D eigenvalue weighted by Crippen LogP contribution is 2.32. The minimum Gasteiger partial charge on any atom is -0.482 e. The summed E-state index contributed by atoms with van der Waals surface area (Å²) in [6.45, 7) is -0.419. The summed E-state index contributed by atoms with van der Waals surface area (Å²) in [5.74, 6) is -1.38. The van der Waals surface area contributed by atoms with Gasteiger partial charge in [-0.3, -0.25) is 14.5 Å². The monoisotopic (exact) mass is 480 g/mol. The fourth-order valence-electron chi connectivity index (χ4n) is 4.02. The lowest BCUT2D eigenvalue weighted by atomic mass is 9.98. The molecule has 0 saturated carbocycles. The van der Waals surface area contributed by atoms with Gasteiger partial charge in [-0.25, -0.2) is 4.98 Å². The predicted octanol–water partition coefficient (Wildman–Crippen LogP) is 4.21. The molecule has 2 N–H and O–H groups in total. The summed E-state index contributed by atoms with van der Waals surface area (Å²) >= 11 is 0. The quantitative estimate of drug-likeness (QED) is 0.448. The molecule has 1 aliphatic rings. The number of H-pyrrole nitrogens is 1. The average Bonchev–Trinajstić information content (AvgIpc) is 3.29. The number of imidazole rings is 1. The number of para-hydroxylation sites is 2. The number of ether oxygens (including phenoxy) is 1. The Bertz CT molecular complexity index is 1400. The molecule has 0 fully saturated rings. The lowest BCUT2D eigenvalue weighted by Gasteiger charge is -2.29. The van der Waals surface area contributed by atoms with Crippen molar-refractivity contribution >= 4 is 28.5 Å². The first kappa shape index (κ1) is 22.5. The molecule has 1 aromatic heterocycles. The zero-order chi connectivity index (χ0) is 24.6. The van der Waals surface area contributed by atoms with Gasteiger partial charge in [0, 0.05) is 0 Å². The number of hydrogen-bond acceptors (Lipinski definition) is 4. The zero-order valence-electron chi connectivity index (χ0n) is 18.2. The lowest BCUT2D eigenvalue weighted by Crippen LogP contribution is -2.45. The number of nitrogens with one attached hydrogen (secondary N) is 2. The van der Waals surface area contributed by atoms with Crippen LogP contribution in [-0.4, -0.2) is 34.9 Å². The average molecular weight is 480 g/mol. The summed E-state index contributed by atoms with van der Waals surface area (Å²) in [5, 5.41) is 2.92. The fourth-order valence-corrected chi connectivity index (χ4v) is 4.02. The Morgan fingerprint density at radius 1 is 1.06 bits per heavy atom. The van der Waals surface area contributed by atoms with E-state index in [0.717, 1.165) is 5.56 Å². The van der Waals surface area contributed by atoms with Crippen molar-refractivity contribution in [2.75, 3.05) is 18.1 Å². The molecule has 7 nitrogen and oxygen atoms in total. The van der Waals surface area contributed by atoms with Gasteiger partial charge < -0.3 is 15.0 Å². The molecule has 10 heteroatoms. The molecule has 4 aromatic rings. The second-order valence-electron chi connectivity index (χ2n) is 8.01. The largest absolute Gasteiger partial charge is 0.482 e. The van der Waals surface area contributed by atoms with Crippen molar-refractivity contribution in [3.8, 4) is 5.75 Å². The highest BCUT2D eigenvalue weighted by atomic mass is 19.4. The van der Waals surface area contributed by atoms with Crippen LogP contribution in [-0.2, 0) is 15.8 Å². The molecule has 0 bridgehead atoms. The fraction of sp³-hybridized carbons (Fsp3) is 0.160. The van der Waals surface area contributed by atoms with E-state index in [-0.39, 0.29) is 30.1 Å². The molecule has 0 spiro atoms. The Morgan fingerprint density at radius 2 is 1.80 bits per heavy atom. The Labute approximate surface area is 197 Å². The molecule has 0 saturated heterocycles. The van der Waals surface area contributed by atoms with E-state index in [2.05, 4.69) is 15.3 Å². The van der Waals surface area contributed by atoms with E-state index in [1.165, 1.54) is 17.0 Å². The summed E-state index contributed by atoms with van der Waals surface area (Å²) in [7, 11) is 0. The maximum absolute atomic E-state index is 13.1. The normalized spacial score (nSPS) is 14.4. The van der Waals surface area contributed by atoms with E-state index in [9.17, 15) is 22.8 Å². The van der Waals surface area contributed by atoms with E-state index >= 15 is 0 Å². The lowest BCUT2D eigenvalue weighted by molar-refractivity contribution is -0.144. The van der Waals surface area contributed by atoms with Gasteiger partial charge in [0.05, 0.1) is 22.8 Å². The van der Waals surface area contributed by atoms with Crippen LogP contribution in [0.1, 0.15) is 23.0 Å². The van der Waals surface area contributed by atoms with E-state index in [1.807, 2.05) is 6.07 Å². The molecule has 1 aliphatic heterocycles. The minimum absolute atomic E-state index is 0.162. The number of amides is 2. The minimum atomic E-state index is -4.60. The third-order valence-electron chi connectivity index (χ3n) is 5.66. The molecule has 5 rings (SSSR count). The number of benzene rings is 3. The summed E-state index contributed by atoms with van der Waals surface area (Å²) < 4.78 is 44.7. The number of rotatable bonds is 5. The first-order valence-electron chi connectivity index (χ1n) is 10.7. The number of nitrogens with zero attached hydrogens (tertiary/aromatic N) is 2.